The van der Waals surface area contributed by atoms with Crippen LogP contribution in [0.5, 0.6) is 0 Å². The largest absolute Gasteiger partial charge is 0.375 e. The molecular weight excluding hydrogens is 340 g/mol. The van der Waals surface area contributed by atoms with Gasteiger partial charge in [0.1, 0.15) is 5.82 Å². The number of benzene rings is 1. The Hall–Kier alpha value is -2.34. The third-order valence-electron chi connectivity index (χ3n) is 5.49. The molecule has 2 aromatic rings. The van der Waals surface area contributed by atoms with Gasteiger partial charge in [-0.1, -0.05) is 37.3 Å². The van der Waals surface area contributed by atoms with E-state index in [0.29, 0.717) is 24.5 Å². The molecular formula is C21H28N4O2. The zero-order chi connectivity index (χ0) is 18.8. The molecule has 0 unspecified atom stereocenters. The Labute approximate surface area is 160 Å². The average Bonchev–Trinajstić information content (AvgIpc) is 3.02. The van der Waals surface area contributed by atoms with Crippen LogP contribution in [-0.2, 0) is 11.2 Å². The number of nitrogens with one attached hydrogen (secondary N) is 1. The van der Waals surface area contributed by atoms with E-state index in [0.717, 1.165) is 38.3 Å². The van der Waals surface area contributed by atoms with Gasteiger partial charge in [0.05, 0.1) is 12.7 Å². The molecule has 0 amide bonds. The quantitative estimate of drug-likeness (QED) is 0.898. The van der Waals surface area contributed by atoms with Gasteiger partial charge in [-0.2, -0.15) is 4.98 Å². The number of hydrogen-bond acceptors (Lipinski definition) is 5. The molecule has 27 heavy (non-hydrogen) atoms. The highest BCUT2D eigenvalue weighted by atomic mass is 16.5. The van der Waals surface area contributed by atoms with Crippen LogP contribution in [0.1, 0.15) is 25.8 Å². The number of aromatic amines is 1. The third kappa shape index (κ3) is 4.16. The second-order valence-corrected chi connectivity index (χ2v) is 7.89. The molecule has 2 fully saturated rings. The number of hydrogen-bond donors (Lipinski definition) is 1. The molecule has 4 rings (SSSR count). The molecule has 2 saturated heterocycles. The lowest BCUT2D eigenvalue weighted by molar-refractivity contribution is 0.0529. The highest BCUT2D eigenvalue weighted by Crippen LogP contribution is 2.29. The van der Waals surface area contributed by atoms with Crippen molar-refractivity contribution in [3.63, 3.8) is 0 Å². The number of rotatable bonds is 4. The van der Waals surface area contributed by atoms with Crippen molar-refractivity contribution in [2.45, 2.75) is 38.8 Å². The van der Waals surface area contributed by atoms with Gasteiger partial charge in [0.25, 0.3) is 5.56 Å². The molecule has 0 aliphatic carbocycles. The Morgan fingerprint density at radius 3 is 2.81 bits per heavy atom. The first-order valence-corrected chi connectivity index (χ1v) is 9.87. The van der Waals surface area contributed by atoms with E-state index in [2.05, 4.69) is 52.9 Å². The summed E-state index contributed by atoms with van der Waals surface area (Å²) in [7, 11) is 0. The predicted octanol–water partition coefficient (Wildman–Crippen LogP) is 2.45. The number of nitrogens with zero attached hydrogens (tertiary/aromatic N) is 3. The van der Waals surface area contributed by atoms with Gasteiger partial charge in [0.15, 0.2) is 0 Å². The molecule has 0 saturated carbocycles. The van der Waals surface area contributed by atoms with Gasteiger partial charge < -0.3 is 14.5 Å². The SMILES string of the molecule is C[C@H]1C[C@H](Cc2ccccc2)N(c2nc(N3CCO[C@H](C)C3)cc(=O)[nH]2)C1. The smallest absolute Gasteiger partial charge is 0.254 e. The minimum Gasteiger partial charge on any atom is -0.375 e. The summed E-state index contributed by atoms with van der Waals surface area (Å²) in [6.07, 6.45) is 2.23. The van der Waals surface area contributed by atoms with Crippen LogP contribution in [-0.4, -0.2) is 48.4 Å². The summed E-state index contributed by atoms with van der Waals surface area (Å²) in [6, 6.07) is 12.5. The summed E-state index contributed by atoms with van der Waals surface area (Å²) < 4.78 is 5.62. The van der Waals surface area contributed by atoms with Crippen LogP contribution in [0.2, 0.25) is 0 Å². The van der Waals surface area contributed by atoms with Crippen molar-refractivity contribution in [2.75, 3.05) is 36.0 Å². The molecule has 3 heterocycles. The molecule has 0 radical (unpaired) electrons. The summed E-state index contributed by atoms with van der Waals surface area (Å²) in [4.78, 5) is 24.6. The van der Waals surface area contributed by atoms with E-state index in [9.17, 15) is 4.79 Å². The molecule has 3 atom stereocenters. The van der Waals surface area contributed by atoms with Crippen molar-refractivity contribution in [2.24, 2.45) is 5.92 Å². The van der Waals surface area contributed by atoms with Crippen LogP contribution in [0.25, 0.3) is 0 Å². The fourth-order valence-corrected chi connectivity index (χ4v) is 4.25. The summed E-state index contributed by atoms with van der Waals surface area (Å²) >= 11 is 0. The molecule has 0 spiro atoms. The average molecular weight is 368 g/mol. The Balaban J connectivity index is 1.60. The monoisotopic (exact) mass is 368 g/mol. The van der Waals surface area contributed by atoms with E-state index in [-0.39, 0.29) is 11.7 Å². The van der Waals surface area contributed by atoms with Gasteiger partial charge >= 0.3 is 0 Å². The molecule has 6 nitrogen and oxygen atoms in total. The van der Waals surface area contributed by atoms with Crippen LogP contribution >= 0.6 is 0 Å². The summed E-state index contributed by atoms with van der Waals surface area (Å²) in [5.74, 6) is 2.03. The van der Waals surface area contributed by atoms with Gasteiger partial charge in [-0.3, -0.25) is 9.78 Å². The van der Waals surface area contributed by atoms with E-state index < -0.39 is 0 Å². The molecule has 144 valence electrons. The Kier molecular flexibility index (Phi) is 5.16. The van der Waals surface area contributed by atoms with E-state index in [1.165, 1.54) is 5.56 Å². The summed E-state index contributed by atoms with van der Waals surface area (Å²) in [5, 5.41) is 0. The minimum atomic E-state index is -0.0906. The highest BCUT2D eigenvalue weighted by Gasteiger charge is 2.32. The van der Waals surface area contributed by atoms with Crippen molar-refractivity contribution in [3.8, 4) is 0 Å². The first kappa shape index (κ1) is 18.0. The number of anilines is 2. The fourth-order valence-electron chi connectivity index (χ4n) is 4.25. The molecule has 1 aromatic heterocycles. The standard InChI is InChI=1S/C21H28N4O2/c1-15-10-18(11-17-6-4-3-5-7-17)25(13-15)21-22-19(12-20(26)23-21)24-8-9-27-16(2)14-24/h3-7,12,15-16,18H,8-11,13-14H2,1-2H3,(H,22,23,26)/t15-,16+,18+/m0/s1. The van der Waals surface area contributed by atoms with Crippen molar-refractivity contribution in [1.29, 1.82) is 0 Å². The maximum absolute atomic E-state index is 12.4. The van der Waals surface area contributed by atoms with Crippen molar-refractivity contribution in [3.05, 3.63) is 52.3 Å². The predicted molar refractivity (Wildman–Crippen MR) is 108 cm³/mol. The normalized spacial score (nSPS) is 25.8. The van der Waals surface area contributed by atoms with E-state index in [1.54, 1.807) is 6.07 Å². The van der Waals surface area contributed by atoms with Crippen LogP contribution in [0.3, 0.4) is 0 Å². The van der Waals surface area contributed by atoms with E-state index >= 15 is 0 Å². The van der Waals surface area contributed by atoms with Crippen molar-refractivity contribution < 1.29 is 4.74 Å². The lowest BCUT2D eigenvalue weighted by Gasteiger charge is -2.33. The van der Waals surface area contributed by atoms with Gasteiger partial charge in [0.2, 0.25) is 5.95 Å². The minimum absolute atomic E-state index is 0.0906. The van der Waals surface area contributed by atoms with Crippen LogP contribution in [0, 0.1) is 5.92 Å². The topological polar surface area (TPSA) is 61.5 Å². The number of H-pyrrole nitrogens is 1. The zero-order valence-electron chi connectivity index (χ0n) is 16.1. The van der Waals surface area contributed by atoms with Crippen LogP contribution in [0.4, 0.5) is 11.8 Å². The molecule has 1 aromatic carbocycles. The second-order valence-electron chi connectivity index (χ2n) is 7.89. The second kappa shape index (κ2) is 7.72. The maximum Gasteiger partial charge on any atom is 0.254 e. The van der Waals surface area contributed by atoms with Gasteiger partial charge in [0, 0.05) is 31.7 Å². The van der Waals surface area contributed by atoms with Crippen molar-refractivity contribution >= 4 is 11.8 Å². The number of ether oxygens (including phenoxy) is 1. The molecule has 1 N–H and O–H groups in total. The summed E-state index contributed by atoms with van der Waals surface area (Å²) in [6.45, 7) is 7.44. The molecule has 2 aliphatic rings. The fraction of sp³-hybridized carbons (Fsp3) is 0.524. The van der Waals surface area contributed by atoms with Crippen LogP contribution in [0.15, 0.2) is 41.2 Å². The maximum atomic E-state index is 12.4. The lowest BCUT2D eigenvalue weighted by atomic mass is 10.0. The highest BCUT2D eigenvalue weighted by molar-refractivity contribution is 5.45. The number of aromatic nitrogens is 2. The lowest BCUT2D eigenvalue weighted by Crippen LogP contribution is -2.42. The van der Waals surface area contributed by atoms with E-state index in [4.69, 9.17) is 9.72 Å². The summed E-state index contributed by atoms with van der Waals surface area (Å²) in [5.41, 5.74) is 1.23. The Morgan fingerprint density at radius 1 is 1.22 bits per heavy atom. The van der Waals surface area contributed by atoms with Crippen molar-refractivity contribution in [1.82, 2.24) is 9.97 Å². The zero-order valence-corrected chi connectivity index (χ0v) is 16.1. The van der Waals surface area contributed by atoms with Crippen LogP contribution < -0.4 is 15.4 Å². The molecule has 2 aliphatic heterocycles. The first-order valence-electron chi connectivity index (χ1n) is 9.87. The third-order valence-corrected chi connectivity index (χ3v) is 5.49. The molecule has 0 bridgehead atoms. The van der Waals surface area contributed by atoms with Gasteiger partial charge in [-0.15, -0.1) is 0 Å². The number of morpholine rings is 1. The van der Waals surface area contributed by atoms with Gasteiger partial charge in [-0.05, 0) is 31.2 Å². The first-order chi connectivity index (χ1) is 13.1. The molecule has 6 heteroatoms. The van der Waals surface area contributed by atoms with Gasteiger partial charge in [-0.25, -0.2) is 0 Å². The Morgan fingerprint density at radius 2 is 2.04 bits per heavy atom. The van der Waals surface area contributed by atoms with E-state index in [1.807, 2.05) is 6.07 Å². The Bertz CT molecular complexity index is 822.